The number of carbonyl (C=O) groups is 1. The number of anilines is 1. The first kappa shape index (κ1) is 17.5. The molecule has 1 saturated heterocycles. The van der Waals surface area contributed by atoms with Crippen molar-refractivity contribution in [2.24, 2.45) is 7.05 Å². The molecule has 2 aromatic heterocycles. The summed E-state index contributed by atoms with van der Waals surface area (Å²) in [5.41, 5.74) is 3.45. The van der Waals surface area contributed by atoms with E-state index < -0.39 is 0 Å². The van der Waals surface area contributed by atoms with Crippen LogP contribution >= 0.6 is 0 Å². The Balaban J connectivity index is 1.57. The lowest BCUT2D eigenvalue weighted by molar-refractivity contribution is 0.0782. The third kappa shape index (κ3) is 3.40. The number of aryl methyl sites for hydroxylation is 2. The number of H-pyrrole nitrogens is 1. The first-order valence-corrected chi connectivity index (χ1v) is 9.08. The van der Waals surface area contributed by atoms with Gasteiger partial charge in [0.15, 0.2) is 0 Å². The van der Waals surface area contributed by atoms with Crippen molar-refractivity contribution in [2.45, 2.75) is 13.5 Å². The lowest BCUT2D eigenvalue weighted by atomic mass is 10.1. The van der Waals surface area contributed by atoms with Gasteiger partial charge in [-0.25, -0.2) is 9.97 Å². The normalized spacial score (nSPS) is 14.7. The van der Waals surface area contributed by atoms with Crippen LogP contribution in [0.3, 0.4) is 0 Å². The molecular formula is C19H24N6O2. The molecule has 1 aliphatic rings. The number of hydrogen-bond donors (Lipinski definition) is 1. The van der Waals surface area contributed by atoms with Crippen molar-refractivity contribution in [3.05, 3.63) is 41.5 Å². The quantitative estimate of drug-likeness (QED) is 0.758. The Kier molecular flexibility index (Phi) is 4.57. The monoisotopic (exact) mass is 368 g/mol. The lowest BCUT2D eigenvalue weighted by Crippen LogP contribution is -2.37. The highest BCUT2D eigenvalue weighted by Gasteiger charge is 2.19. The molecule has 0 radical (unpaired) electrons. The minimum atomic E-state index is -0.0514. The number of nitrogens with one attached hydrogen (secondary N) is 1. The third-order valence-electron chi connectivity index (χ3n) is 4.89. The fourth-order valence-corrected chi connectivity index (χ4v) is 3.43. The molecular weight excluding hydrogens is 344 g/mol. The van der Waals surface area contributed by atoms with Crippen molar-refractivity contribution in [2.75, 3.05) is 38.3 Å². The first-order chi connectivity index (χ1) is 13.0. The zero-order valence-electron chi connectivity index (χ0n) is 15.9. The highest BCUT2D eigenvalue weighted by Crippen LogP contribution is 2.23. The van der Waals surface area contributed by atoms with E-state index in [1.165, 1.54) is 0 Å². The zero-order chi connectivity index (χ0) is 19.0. The van der Waals surface area contributed by atoms with Gasteiger partial charge in [-0.15, -0.1) is 0 Å². The molecule has 0 atom stereocenters. The standard InChI is InChI=1S/C19H24N6O2/c1-13-11-20-17(21-13)12-23(2)18(26)14-4-5-16-15(10-14)22-19(24(16)3)25-6-8-27-9-7-25/h4-5,10-11H,6-9,12H2,1-3H3,(H,20,21). The van der Waals surface area contributed by atoms with Gasteiger partial charge in [0, 0.05) is 44.6 Å². The Hall–Kier alpha value is -2.87. The first-order valence-electron chi connectivity index (χ1n) is 9.08. The van der Waals surface area contributed by atoms with Gasteiger partial charge in [-0.1, -0.05) is 0 Å². The summed E-state index contributed by atoms with van der Waals surface area (Å²) in [5.74, 6) is 1.64. The minimum absolute atomic E-state index is 0.0514. The van der Waals surface area contributed by atoms with Crippen molar-refractivity contribution in [1.29, 1.82) is 0 Å². The molecule has 0 spiro atoms. The smallest absolute Gasteiger partial charge is 0.254 e. The Morgan fingerprint density at radius 2 is 2.11 bits per heavy atom. The Labute approximate surface area is 157 Å². The molecule has 1 aromatic carbocycles. The van der Waals surface area contributed by atoms with Crippen molar-refractivity contribution in [3.8, 4) is 0 Å². The third-order valence-corrected chi connectivity index (χ3v) is 4.89. The molecule has 1 fully saturated rings. The summed E-state index contributed by atoms with van der Waals surface area (Å²) in [6.07, 6.45) is 1.76. The summed E-state index contributed by atoms with van der Waals surface area (Å²) in [5, 5.41) is 0. The molecule has 1 amide bonds. The highest BCUT2D eigenvalue weighted by molar-refractivity contribution is 5.97. The predicted octanol–water partition coefficient (Wildman–Crippen LogP) is 1.71. The van der Waals surface area contributed by atoms with E-state index in [9.17, 15) is 4.79 Å². The predicted molar refractivity (Wildman–Crippen MR) is 103 cm³/mol. The number of aromatic amines is 1. The minimum Gasteiger partial charge on any atom is -0.378 e. The van der Waals surface area contributed by atoms with E-state index in [1.54, 1.807) is 18.1 Å². The van der Waals surface area contributed by atoms with E-state index in [4.69, 9.17) is 9.72 Å². The molecule has 142 valence electrons. The molecule has 3 heterocycles. The van der Waals surface area contributed by atoms with Crippen LogP contribution < -0.4 is 4.90 Å². The van der Waals surface area contributed by atoms with Crippen molar-refractivity contribution >= 4 is 22.9 Å². The molecule has 0 saturated carbocycles. The molecule has 0 unspecified atom stereocenters. The second-order valence-electron chi connectivity index (χ2n) is 6.95. The molecule has 0 aliphatic carbocycles. The van der Waals surface area contributed by atoms with Gasteiger partial charge in [0.2, 0.25) is 5.95 Å². The van der Waals surface area contributed by atoms with Gasteiger partial charge in [-0.05, 0) is 25.1 Å². The number of morpholine rings is 1. The average molecular weight is 368 g/mol. The topological polar surface area (TPSA) is 79.3 Å². The van der Waals surface area contributed by atoms with E-state index in [-0.39, 0.29) is 5.91 Å². The molecule has 1 aliphatic heterocycles. The molecule has 0 bridgehead atoms. The Morgan fingerprint density at radius 1 is 1.33 bits per heavy atom. The molecule has 8 heteroatoms. The lowest BCUT2D eigenvalue weighted by Gasteiger charge is -2.27. The van der Waals surface area contributed by atoms with E-state index in [1.807, 2.05) is 32.2 Å². The fourth-order valence-electron chi connectivity index (χ4n) is 3.43. The number of benzene rings is 1. The maximum Gasteiger partial charge on any atom is 0.254 e. The van der Waals surface area contributed by atoms with Crippen LogP contribution in [0, 0.1) is 6.92 Å². The van der Waals surface area contributed by atoms with Crippen LogP contribution in [0.1, 0.15) is 21.9 Å². The number of nitrogens with zero attached hydrogens (tertiary/aromatic N) is 5. The van der Waals surface area contributed by atoms with Gasteiger partial charge in [0.1, 0.15) is 5.82 Å². The Bertz CT molecular complexity index is 970. The summed E-state index contributed by atoms with van der Waals surface area (Å²) in [7, 11) is 3.79. The molecule has 3 aromatic rings. The van der Waals surface area contributed by atoms with E-state index in [0.29, 0.717) is 25.3 Å². The number of fused-ring (bicyclic) bond motifs is 1. The second kappa shape index (κ2) is 7.03. The fraction of sp³-hybridized carbons (Fsp3) is 0.421. The summed E-state index contributed by atoms with van der Waals surface area (Å²) in [6, 6.07) is 5.69. The SMILES string of the molecule is Cc1cnc(CN(C)C(=O)c2ccc3c(c2)nc(N2CCOCC2)n3C)[nH]1. The number of amides is 1. The largest absolute Gasteiger partial charge is 0.378 e. The number of carbonyl (C=O) groups excluding carboxylic acids is 1. The zero-order valence-corrected chi connectivity index (χ0v) is 15.9. The van der Waals surface area contributed by atoms with Crippen LogP contribution in [-0.4, -0.2) is 63.7 Å². The molecule has 8 nitrogen and oxygen atoms in total. The maximum absolute atomic E-state index is 12.8. The summed E-state index contributed by atoms with van der Waals surface area (Å²) >= 11 is 0. The van der Waals surface area contributed by atoms with Gasteiger partial charge >= 0.3 is 0 Å². The van der Waals surface area contributed by atoms with Gasteiger partial charge in [-0.3, -0.25) is 4.79 Å². The van der Waals surface area contributed by atoms with Gasteiger partial charge in [0.05, 0.1) is 30.8 Å². The second-order valence-corrected chi connectivity index (χ2v) is 6.95. The van der Waals surface area contributed by atoms with Crippen LogP contribution in [0.4, 0.5) is 5.95 Å². The number of rotatable bonds is 4. The van der Waals surface area contributed by atoms with Crippen LogP contribution in [0.15, 0.2) is 24.4 Å². The number of ether oxygens (including phenoxy) is 1. The van der Waals surface area contributed by atoms with Crippen molar-refractivity contribution < 1.29 is 9.53 Å². The van der Waals surface area contributed by atoms with Gasteiger partial charge in [0.25, 0.3) is 5.91 Å². The summed E-state index contributed by atoms with van der Waals surface area (Å²) < 4.78 is 7.50. The van der Waals surface area contributed by atoms with E-state index in [0.717, 1.165) is 41.6 Å². The molecule has 4 rings (SSSR count). The van der Waals surface area contributed by atoms with E-state index >= 15 is 0 Å². The maximum atomic E-state index is 12.8. The van der Waals surface area contributed by atoms with Crippen LogP contribution in [0.25, 0.3) is 11.0 Å². The van der Waals surface area contributed by atoms with Crippen LogP contribution in [0.2, 0.25) is 0 Å². The number of hydrogen-bond acceptors (Lipinski definition) is 5. The van der Waals surface area contributed by atoms with E-state index in [2.05, 4.69) is 19.4 Å². The summed E-state index contributed by atoms with van der Waals surface area (Å²) in [6.45, 7) is 5.46. The van der Waals surface area contributed by atoms with Gasteiger partial charge < -0.3 is 24.1 Å². The van der Waals surface area contributed by atoms with Crippen LogP contribution in [0.5, 0.6) is 0 Å². The molecule has 27 heavy (non-hydrogen) atoms. The van der Waals surface area contributed by atoms with Crippen molar-refractivity contribution in [3.63, 3.8) is 0 Å². The number of imidazole rings is 2. The number of aromatic nitrogens is 4. The van der Waals surface area contributed by atoms with Crippen molar-refractivity contribution in [1.82, 2.24) is 24.4 Å². The summed E-state index contributed by atoms with van der Waals surface area (Å²) in [4.78, 5) is 28.9. The molecule has 1 N–H and O–H groups in total. The van der Waals surface area contributed by atoms with Crippen LogP contribution in [-0.2, 0) is 18.3 Å². The highest BCUT2D eigenvalue weighted by atomic mass is 16.5. The van der Waals surface area contributed by atoms with Gasteiger partial charge in [-0.2, -0.15) is 0 Å². The average Bonchev–Trinajstić information content (AvgIpc) is 3.24. The Morgan fingerprint density at radius 3 is 2.81 bits per heavy atom.